The minimum Gasteiger partial charge on any atom is -0.436 e. The number of aryl methyl sites for hydroxylation is 1. The molecule has 2 aromatic heterocycles. The minimum absolute atomic E-state index is 0.479. The average molecular weight is 333 g/mol. The van der Waals surface area contributed by atoms with E-state index in [1.807, 2.05) is 49.0 Å². The Balaban J connectivity index is 2.07. The summed E-state index contributed by atoms with van der Waals surface area (Å²) in [6.07, 6.45) is 5.44. The van der Waals surface area contributed by atoms with E-state index in [9.17, 15) is 0 Å². The van der Waals surface area contributed by atoms with Gasteiger partial charge in [0.25, 0.3) is 5.88 Å². The predicted molar refractivity (Wildman–Crippen MR) is 81.5 cm³/mol. The molecular weight excluding hydrogens is 320 g/mol. The van der Waals surface area contributed by atoms with Gasteiger partial charge in [0.2, 0.25) is 5.65 Å². The molecule has 102 valence electrons. The quantitative estimate of drug-likeness (QED) is 0.795. The Morgan fingerprint density at radius 2 is 2.20 bits per heavy atom. The Bertz CT molecular complexity index is 769. The molecule has 5 nitrogen and oxygen atoms in total. The Hall–Kier alpha value is -2.08. The van der Waals surface area contributed by atoms with Gasteiger partial charge < -0.3 is 10.1 Å². The number of halogens is 1. The molecule has 3 rings (SSSR count). The normalized spacial score (nSPS) is 10.8. The van der Waals surface area contributed by atoms with Crippen LogP contribution in [0.25, 0.3) is 5.65 Å². The van der Waals surface area contributed by atoms with E-state index in [1.54, 1.807) is 6.20 Å². The molecule has 2 heterocycles. The maximum Gasteiger partial charge on any atom is 0.265 e. The van der Waals surface area contributed by atoms with E-state index < -0.39 is 0 Å². The molecule has 0 aliphatic heterocycles. The molecular formula is C14H13BrN4O. The van der Waals surface area contributed by atoms with Gasteiger partial charge in [-0.05, 0) is 30.7 Å². The van der Waals surface area contributed by atoms with Gasteiger partial charge in [0.05, 0.1) is 6.20 Å². The van der Waals surface area contributed by atoms with Crippen LogP contribution in [0.3, 0.4) is 0 Å². The second-order valence-electron chi connectivity index (χ2n) is 4.35. The van der Waals surface area contributed by atoms with Crippen LogP contribution in [0, 0.1) is 6.92 Å². The number of benzene rings is 1. The highest BCUT2D eigenvalue weighted by molar-refractivity contribution is 9.10. The monoisotopic (exact) mass is 332 g/mol. The van der Waals surface area contributed by atoms with Crippen LogP contribution in [0.4, 0.5) is 5.82 Å². The Morgan fingerprint density at radius 1 is 1.35 bits per heavy atom. The number of ether oxygens (including phenoxy) is 1. The number of nitrogens with one attached hydrogen (secondary N) is 1. The molecule has 0 aliphatic carbocycles. The molecule has 0 atom stereocenters. The SMILES string of the molecule is CNc1cn2ccnc2c(Oc2ccc(Br)cc2C)n1. The summed E-state index contributed by atoms with van der Waals surface area (Å²) in [7, 11) is 1.82. The fraction of sp³-hybridized carbons (Fsp3) is 0.143. The summed E-state index contributed by atoms with van der Waals surface area (Å²) in [5, 5.41) is 3.01. The number of imidazole rings is 1. The molecule has 0 bridgehead atoms. The van der Waals surface area contributed by atoms with Crippen LogP contribution >= 0.6 is 15.9 Å². The molecule has 0 spiro atoms. The van der Waals surface area contributed by atoms with Crippen molar-refractivity contribution < 1.29 is 4.74 Å². The zero-order valence-corrected chi connectivity index (χ0v) is 12.7. The largest absolute Gasteiger partial charge is 0.436 e. The Labute approximate surface area is 124 Å². The highest BCUT2D eigenvalue weighted by Gasteiger charge is 2.11. The van der Waals surface area contributed by atoms with E-state index >= 15 is 0 Å². The molecule has 0 aliphatic rings. The third kappa shape index (κ3) is 2.34. The lowest BCUT2D eigenvalue weighted by atomic mass is 10.2. The fourth-order valence-electron chi connectivity index (χ4n) is 1.92. The smallest absolute Gasteiger partial charge is 0.265 e. The summed E-state index contributed by atoms with van der Waals surface area (Å²) in [5.74, 6) is 1.96. The molecule has 0 radical (unpaired) electrons. The number of hydrogen-bond acceptors (Lipinski definition) is 4. The standard InChI is InChI=1S/C14H13BrN4O/c1-9-7-10(15)3-4-11(9)20-14-13-17-5-6-19(13)8-12(16-2)18-14/h3-8,16H,1-2H3. The fourth-order valence-corrected chi connectivity index (χ4v) is 2.40. The predicted octanol–water partition coefficient (Wildman–Crippen LogP) is 3.63. The first-order chi connectivity index (χ1) is 9.67. The molecule has 0 saturated carbocycles. The van der Waals surface area contributed by atoms with E-state index in [1.165, 1.54) is 0 Å². The average Bonchev–Trinajstić information content (AvgIpc) is 2.90. The van der Waals surface area contributed by atoms with Gasteiger partial charge in [0.1, 0.15) is 11.6 Å². The number of anilines is 1. The first-order valence-electron chi connectivity index (χ1n) is 6.13. The molecule has 3 aromatic rings. The van der Waals surface area contributed by atoms with Crippen molar-refractivity contribution in [1.82, 2.24) is 14.4 Å². The van der Waals surface area contributed by atoms with Crippen LogP contribution in [0.2, 0.25) is 0 Å². The molecule has 0 amide bonds. The number of nitrogens with zero attached hydrogens (tertiary/aromatic N) is 3. The van der Waals surface area contributed by atoms with E-state index in [2.05, 4.69) is 31.2 Å². The van der Waals surface area contributed by atoms with Crippen molar-refractivity contribution in [3.05, 3.63) is 46.8 Å². The summed E-state index contributed by atoms with van der Waals surface area (Å²) in [6, 6.07) is 5.85. The summed E-state index contributed by atoms with van der Waals surface area (Å²) in [5.41, 5.74) is 1.71. The summed E-state index contributed by atoms with van der Waals surface area (Å²) < 4.78 is 8.82. The lowest BCUT2D eigenvalue weighted by molar-refractivity contribution is 0.462. The zero-order chi connectivity index (χ0) is 14.1. The maximum absolute atomic E-state index is 5.92. The van der Waals surface area contributed by atoms with Gasteiger partial charge in [-0.1, -0.05) is 15.9 Å². The second-order valence-corrected chi connectivity index (χ2v) is 5.27. The Kier molecular flexibility index (Phi) is 3.31. The van der Waals surface area contributed by atoms with Gasteiger partial charge >= 0.3 is 0 Å². The van der Waals surface area contributed by atoms with Crippen molar-refractivity contribution in [2.45, 2.75) is 6.92 Å². The maximum atomic E-state index is 5.92. The molecule has 6 heteroatoms. The molecule has 1 aromatic carbocycles. The molecule has 0 saturated heterocycles. The summed E-state index contributed by atoms with van der Waals surface area (Å²) in [6.45, 7) is 1.99. The molecule has 0 fully saturated rings. The highest BCUT2D eigenvalue weighted by atomic mass is 79.9. The van der Waals surface area contributed by atoms with Gasteiger partial charge in [0, 0.05) is 23.9 Å². The first-order valence-corrected chi connectivity index (χ1v) is 6.92. The number of hydrogen-bond donors (Lipinski definition) is 1. The van der Waals surface area contributed by atoms with Crippen LogP contribution in [-0.2, 0) is 0 Å². The molecule has 20 heavy (non-hydrogen) atoms. The van der Waals surface area contributed by atoms with Crippen LogP contribution in [-0.4, -0.2) is 21.4 Å². The minimum atomic E-state index is 0.479. The van der Waals surface area contributed by atoms with Crippen molar-refractivity contribution in [2.24, 2.45) is 0 Å². The van der Waals surface area contributed by atoms with Gasteiger partial charge in [0.15, 0.2) is 0 Å². The van der Waals surface area contributed by atoms with E-state index in [0.717, 1.165) is 21.6 Å². The van der Waals surface area contributed by atoms with Crippen molar-refractivity contribution in [3.8, 4) is 11.6 Å². The van der Waals surface area contributed by atoms with E-state index in [4.69, 9.17) is 4.74 Å². The topological polar surface area (TPSA) is 51.5 Å². The van der Waals surface area contributed by atoms with Crippen molar-refractivity contribution >= 4 is 27.4 Å². The summed E-state index contributed by atoms with van der Waals surface area (Å²) in [4.78, 5) is 8.70. The van der Waals surface area contributed by atoms with Gasteiger partial charge in [-0.25, -0.2) is 4.98 Å². The third-order valence-electron chi connectivity index (χ3n) is 2.94. The van der Waals surface area contributed by atoms with Crippen molar-refractivity contribution in [1.29, 1.82) is 0 Å². The number of rotatable bonds is 3. The number of aromatic nitrogens is 3. The van der Waals surface area contributed by atoms with Crippen LogP contribution in [0.15, 0.2) is 41.3 Å². The van der Waals surface area contributed by atoms with E-state index in [-0.39, 0.29) is 0 Å². The van der Waals surface area contributed by atoms with Gasteiger partial charge in [-0.2, -0.15) is 4.98 Å². The van der Waals surface area contributed by atoms with Gasteiger partial charge in [-0.3, -0.25) is 4.40 Å². The van der Waals surface area contributed by atoms with Crippen LogP contribution < -0.4 is 10.1 Å². The second kappa shape index (κ2) is 5.13. The highest BCUT2D eigenvalue weighted by Crippen LogP contribution is 2.29. The molecule has 0 unspecified atom stereocenters. The van der Waals surface area contributed by atoms with Crippen LogP contribution in [0.5, 0.6) is 11.6 Å². The Morgan fingerprint density at radius 3 is 2.95 bits per heavy atom. The van der Waals surface area contributed by atoms with Gasteiger partial charge in [-0.15, -0.1) is 0 Å². The zero-order valence-electron chi connectivity index (χ0n) is 11.1. The van der Waals surface area contributed by atoms with Crippen LogP contribution in [0.1, 0.15) is 5.56 Å². The van der Waals surface area contributed by atoms with Crippen molar-refractivity contribution in [2.75, 3.05) is 12.4 Å². The van der Waals surface area contributed by atoms with Crippen molar-refractivity contribution in [3.63, 3.8) is 0 Å². The molecule has 1 N–H and O–H groups in total. The summed E-state index contributed by atoms with van der Waals surface area (Å²) >= 11 is 3.44. The first kappa shape index (κ1) is 12.9. The van der Waals surface area contributed by atoms with E-state index in [0.29, 0.717) is 11.5 Å². The third-order valence-corrected chi connectivity index (χ3v) is 3.44. The lowest BCUT2D eigenvalue weighted by Gasteiger charge is -2.10. The lowest BCUT2D eigenvalue weighted by Crippen LogP contribution is -2.00. The number of fused-ring (bicyclic) bond motifs is 1.